The first-order chi connectivity index (χ1) is 7.24. The summed E-state index contributed by atoms with van der Waals surface area (Å²) in [6.45, 7) is 1.97. The van der Waals surface area contributed by atoms with Gasteiger partial charge in [-0.1, -0.05) is 19.1 Å². The second kappa shape index (κ2) is 3.77. The molecule has 3 nitrogen and oxygen atoms in total. The van der Waals surface area contributed by atoms with Gasteiger partial charge in [-0.15, -0.1) is 0 Å². The van der Waals surface area contributed by atoms with Crippen LogP contribution in [0.1, 0.15) is 24.8 Å². The maximum Gasteiger partial charge on any atom is 0.224 e. The van der Waals surface area contributed by atoms with E-state index in [1.807, 2.05) is 37.4 Å². The predicted octanol–water partition coefficient (Wildman–Crippen LogP) is 2.15. The minimum Gasteiger partial charge on any atom is -0.369 e. The molecule has 1 heterocycles. The van der Waals surface area contributed by atoms with Gasteiger partial charge in [-0.3, -0.25) is 4.79 Å². The largest absolute Gasteiger partial charge is 0.369 e. The zero-order chi connectivity index (χ0) is 10.8. The standard InChI is InChI=1S/C12H14N2O/c1-2-8(12(13)15)9-4-3-5-11-10(9)6-7-14-11/h3-8,14H,2H2,1H3,(H2,13,15). The highest BCUT2D eigenvalue weighted by molar-refractivity contribution is 5.91. The Kier molecular flexibility index (Phi) is 2.46. The number of nitrogens with two attached hydrogens (primary N) is 1. The van der Waals surface area contributed by atoms with Crippen molar-refractivity contribution in [2.45, 2.75) is 19.3 Å². The molecule has 0 bridgehead atoms. The number of amides is 1. The molecule has 2 aromatic rings. The van der Waals surface area contributed by atoms with Crippen LogP contribution in [0.5, 0.6) is 0 Å². The number of primary amides is 1. The van der Waals surface area contributed by atoms with E-state index in [1.54, 1.807) is 0 Å². The summed E-state index contributed by atoms with van der Waals surface area (Å²) in [5.74, 6) is -0.448. The minimum absolute atomic E-state index is 0.190. The lowest BCUT2D eigenvalue weighted by atomic mass is 9.93. The zero-order valence-corrected chi connectivity index (χ0v) is 8.66. The monoisotopic (exact) mass is 202 g/mol. The molecule has 1 atom stereocenters. The summed E-state index contributed by atoms with van der Waals surface area (Å²) in [5.41, 5.74) is 7.46. The molecule has 0 radical (unpaired) electrons. The second-order valence-electron chi connectivity index (χ2n) is 3.65. The highest BCUT2D eigenvalue weighted by atomic mass is 16.1. The van der Waals surface area contributed by atoms with E-state index in [9.17, 15) is 4.79 Å². The minimum atomic E-state index is -0.258. The molecule has 1 amide bonds. The number of aromatic amines is 1. The fourth-order valence-corrected chi connectivity index (χ4v) is 1.99. The van der Waals surface area contributed by atoms with Crippen molar-refractivity contribution < 1.29 is 4.79 Å². The van der Waals surface area contributed by atoms with E-state index >= 15 is 0 Å². The molecule has 15 heavy (non-hydrogen) atoms. The maximum absolute atomic E-state index is 11.3. The van der Waals surface area contributed by atoms with Gasteiger partial charge in [0.1, 0.15) is 0 Å². The van der Waals surface area contributed by atoms with Crippen LogP contribution in [-0.2, 0) is 4.79 Å². The molecule has 0 aliphatic rings. The van der Waals surface area contributed by atoms with E-state index in [0.29, 0.717) is 0 Å². The fourth-order valence-electron chi connectivity index (χ4n) is 1.99. The van der Waals surface area contributed by atoms with E-state index < -0.39 is 0 Å². The van der Waals surface area contributed by atoms with Gasteiger partial charge >= 0.3 is 0 Å². The van der Waals surface area contributed by atoms with Crippen molar-refractivity contribution in [1.82, 2.24) is 4.98 Å². The Hall–Kier alpha value is -1.77. The Morgan fingerprint density at radius 2 is 2.27 bits per heavy atom. The maximum atomic E-state index is 11.3. The van der Waals surface area contributed by atoms with Gasteiger partial charge in [0, 0.05) is 17.1 Å². The number of fused-ring (bicyclic) bond motifs is 1. The first-order valence-corrected chi connectivity index (χ1v) is 5.09. The third-order valence-electron chi connectivity index (χ3n) is 2.76. The van der Waals surface area contributed by atoms with Crippen LogP contribution < -0.4 is 5.73 Å². The highest BCUT2D eigenvalue weighted by Gasteiger charge is 2.17. The van der Waals surface area contributed by atoms with Gasteiger partial charge in [0.15, 0.2) is 0 Å². The summed E-state index contributed by atoms with van der Waals surface area (Å²) in [6.07, 6.45) is 2.61. The quantitative estimate of drug-likeness (QED) is 0.787. The number of aromatic nitrogens is 1. The lowest BCUT2D eigenvalue weighted by Gasteiger charge is -2.12. The SMILES string of the molecule is CCC(C(N)=O)c1cccc2[nH]ccc12. The smallest absolute Gasteiger partial charge is 0.224 e. The molecule has 78 valence electrons. The Bertz CT molecular complexity index is 487. The molecule has 3 heteroatoms. The van der Waals surface area contributed by atoms with Gasteiger partial charge in [-0.25, -0.2) is 0 Å². The summed E-state index contributed by atoms with van der Waals surface area (Å²) in [5, 5.41) is 1.09. The summed E-state index contributed by atoms with van der Waals surface area (Å²) < 4.78 is 0. The topological polar surface area (TPSA) is 58.9 Å². The van der Waals surface area contributed by atoms with Gasteiger partial charge in [0.2, 0.25) is 5.91 Å². The molecular formula is C12H14N2O. The third kappa shape index (κ3) is 1.61. The first-order valence-electron chi connectivity index (χ1n) is 5.09. The first kappa shape index (κ1) is 9.77. The van der Waals surface area contributed by atoms with E-state index in [0.717, 1.165) is 22.9 Å². The van der Waals surface area contributed by atoms with Crippen molar-refractivity contribution in [3.05, 3.63) is 36.0 Å². The summed E-state index contributed by atoms with van der Waals surface area (Å²) in [4.78, 5) is 14.4. The van der Waals surface area contributed by atoms with E-state index in [-0.39, 0.29) is 11.8 Å². The Labute approximate surface area is 88.3 Å². The highest BCUT2D eigenvalue weighted by Crippen LogP contribution is 2.26. The van der Waals surface area contributed by atoms with Crippen molar-refractivity contribution in [2.75, 3.05) is 0 Å². The molecule has 2 rings (SSSR count). The molecule has 0 saturated heterocycles. The Morgan fingerprint density at radius 3 is 2.93 bits per heavy atom. The summed E-state index contributed by atoms with van der Waals surface area (Å²) in [6, 6.07) is 7.89. The van der Waals surface area contributed by atoms with Crippen molar-refractivity contribution in [2.24, 2.45) is 5.73 Å². The summed E-state index contributed by atoms with van der Waals surface area (Å²) >= 11 is 0. The normalized spacial score (nSPS) is 12.9. The molecule has 0 saturated carbocycles. The third-order valence-corrected chi connectivity index (χ3v) is 2.76. The van der Waals surface area contributed by atoms with Crippen LogP contribution in [0, 0.1) is 0 Å². The lowest BCUT2D eigenvalue weighted by molar-refractivity contribution is -0.119. The molecule has 1 aromatic carbocycles. The average molecular weight is 202 g/mol. The van der Waals surface area contributed by atoms with E-state index in [1.165, 1.54) is 0 Å². The molecular weight excluding hydrogens is 188 g/mol. The Morgan fingerprint density at radius 1 is 1.47 bits per heavy atom. The number of H-pyrrole nitrogens is 1. The van der Waals surface area contributed by atoms with Crippen LogP contribution in [0.2, 0.25) is 0 Å². The van der Waals surface area contributed by atoms with Crippen LogP contribution in [0.4, 0.5) is 0 Å². The molecule has 1 aromatic heterocycles. The lowest BCUT2D eigenvalue weighted by Crippen LogP contribution is -2.20. The number of hydrogen-bond acceptors (Lipinski definition) is 1. The van der Waals surface area contributed by atoms with Crippen molar-refractivity contribution >= 4 is 16.8 Å². The predicted molar refractivity (Wildman–Crippen MR) is 60.5 cm³/mol. The number of nitrogens with one attached hydrogen (secondary N) is 1. The molecule has 0 aliphatic heterocycles. The van der Waals surface area contributed by atoms with E-state index in [4.69, 9.17) is 5.73 Å². The van der Waals surface area contributed by atoms with Crippen LogP contribution in [0.15, 0.2) is 30.5 Å². The van der Waals surface area contributed by atoms with Gasteiger partial charge in [0.05, 0.1) is 5.92 Å². The number of rotatable bonds is 3. The number of hydrogen-bond donors (Lipinski definition) is 2. The average Bonchev–Trinajstić information content (AvgIpc) is 2.66. The number of carbonyl (C=O) groups is 1. The van der Waals surface area contributed by atoms with Crippen LogP contribution in [0.3, 0.4) is 0 Å². The molecule has 0 aliphatic carbocycles. The van der Waals surface area contributed by atoms with Crippen LogP contribution in [0.25, 0.3) is 10.9 Å². The summed E-state index contributed by atoms with van der Waals surface area (Å²) in [7, 11) is 0. The van der Waals surface area contributed by atoms with Crippen molar-refractivity contribution in [1.29, 1.82) is 0 Å². The van der Waals surface area contributed by atoms with Gasteiger partial charge in [-0.2, -0.15) is 0 Å². The van der Waals surface area contributed by atoms with Gasteiger partial charge < -0.3 is 10.7 Å². The number of carbonyl (C=O) groups excluding carboxylic acids is 1. The molecule has 1 unspecified atom stereocenters. The van der Waals surface area contributed by atoms with Crippen molar-refractivity contribution in [3.63, 3.8) is 0 Å². The number of benzene rings is 1. The Balaban J connectivity index is 2.59. The van der Waals surface area contributed by atoms with Crippen LogP contribution >= 0.6 is 0 Å². The van der Waals surface area contributed by atoms with Gasteiger partial charge in [0.25, 0.3) is 0 Å². The van der Waals surface area contributed by atoms with Gasteiger partial charge in [-0.05, 0) is 24.1 Å². The molecule has 0 spiro atoms. The van der Waals surface area contributed by atoms with Crippen molar-refractivity contribution in [3.8, 4) is 0 Å². The zero-order valence-electron chi connectivity index (χ0n) is 8.66. The molecule has 0 fully saturated rings. The molecule has 3 N–H and O–H groups in total. The van der Waals surface area contributed by atoms with E-state index in [2.05, 4.69) is 4.98 Å². The van der Waals surface area contributed by atoms with Crippen LogP contribution in [-0.4, -0.2) is 10.9 Å². The fraction of sp³-hybridized carbons (Fsp3) is 0.250. The second-order valence-corrected chi connectivity index (χ2v) is 3.65.